The molecule has 0 saturated heterocycles. The lowest BCUT2D eigenvalue weighted by molar-refractivity contribution is 0.100. The van der Waals surface area contributed by atoms with E-state index in [1.807, 2.05) is 24.3 Å². The molecule has 0 aliphatic rings. The van der Waals surface area contributed by atoms with Crippen LogP contribution in [0.3, 0.4) is 0 Å². The molecule has 2 aromatic rings. The number of nitrogens with two attached hydrogens (primary N) is 1. The molecule has 0 fully saturated rings. The third-order valence-electron chi connectivity index (χ3n) is 2.33. The van der Waals surface area contributed by atoms with Crippen LogP contribution in [0.1, 0.15) is 10.4 Å². The lowest BCUT2D eigenvalue weighted by atomic mass is 10.1. The molecule has 0 spiro atoms. The molecular weight excluding hydrogens is 190 g/mol. The van der Waals surface area contributed by atoms with Crippen molar-refractivity contribution in [3.8, 4) is 5.75 Å². The van der Waals surface area contributed by atoms with Crippen LogP contribution in [0, 0.1) is 0 Å². The molecule has 0 radical (unpaired) electrons. The summed E-state index contributed by atoms with van der Waals surface area (Å²) in [7, 11) is 1.62. The Hall–Kier alpha value is -2.03. The SMILES string of the molecule is COc1ccc2cc(C(N)=O)ccc2c1. The van der Waals surface area contributed by atoms with Gasteiger partial charge in [0.2, 0.25) is 5.91 Å². The van der Waals surface area contributed by atoms with Crippen LogP contribution in [0.4, 0.5) is 0 Å². The standard InChI is InChI=1S/C12H11NO2/c1-15-11-5-4-8-6-10(12(13)14)3-2-9(8)7-11/h2-7H,1H3,(H2,13,14). The molecule has 0 aliphatic carbocycles. The normalized spacial score (nSPS) is 10.2. The minimum Gasteiger partial charge on any atom is -0.497 e. The van der Waals surface area contributed by atoms with E-state index < -0.39 is 5.91 Å². The van der Waals surface area contributed by atoms with E-state index in [-0.39, 0.29) is 0 Å². The lowest BCUT2D eigenvalue weighted by Crippen LogP contribution is -2.10. The van der Waals surface area contributed by atoms with Crippen LogP contribution >= 0.6 is 0 Å². The summed E-state index contributed by atoms with van der Waals surface area (Å²) in [6, 6.07) is 11.0. The number of carbonyl (C=O) groups excluding carboxylic acids is 1. The molecule has 2 aromatic carbocycles. The number of fused-ring (bicyclic) bond motifs is 1. The molecule has 0 aliphatic heterocycles. The highest BCUT2D eigenvalue weighted by molar-refractivity contribution is 5.97. The second kappa shape index (κ2) is 3.61. The van der Waals surface area contributed by atoms with Crippen molar-refractivity contribution in [1.29, 1.82) is 0 Å². The van der Waals surface area contributed by atoms with E-state index in [9.17, 15) is 4.79 Å². The third kappa shape index (κ3) is 1.76. The van der Waals surface area contributed by atoms with Crippen molar-refractivity contribution in [1.82, 2.24) is 0 Å². The first-order valence-corrected chi connectivity index (χ1v) is 4.58. The predicted molar refractivity (Wildman–Crippen MR) is 59.0 cm³/mol. The van der Waals surface area contributed by atoms with E-state index in [1.165, 1.54) is 0 Å². The Morgan fingerprint density at radius 2 is 1.80 bits per heavy atom. The summed E-state index contributed by atoms with van der Waals surface area (Å²) in [5.74, 6) is 0.391. The van der Waals surface area contributed by atoms with Gasteiger partial charge < -0.3 is 10.5 Å². The van der Waals surface area contributed by atoms with Gasteiger partial charge in [-0.05, 0) is 35.0 Å². The maximum Gasteiger partial charge on any atom is 0.248 e. The zero-order chi connectivity index (χ0) is 10.8. The molecule has 0 bridgehead atoms. The minimum absolute atomic E-state index is 0.410. The summed E-state index contributed by atoms with van der Waals surface area (Å²) in [6.07, 6.45) is 0. The highest BCUT2D eigenvalue weighted by Gasteiger charge is 2.02. The summed E-state index contributed by atoms with van der Waals surface area (Å²) >= 11 is 0. The lowest BCUT2D eigenvalue weighted by Gasteiger charge is -2.03. The second-order valence-corrected chi connectivity index (χ2v) is 3.29. The van der Waals surface area contributed by atoms with Crippen LogP contribution in [-0.4, -0.2) is 13.0 Å². The predicted octanol–water partition coefficient (Wildman–Crippen LogP) is 1.95. The first kappa shape index (κ1) is 9.52. The van der Waals surface area contributed by atoms with Gasteiger partial charge in [0.25, 0.3) is 0 Å². The van der Waals surface area contributed by atoms with Gasteiger partial charge in [0, 0.05) is 5.56 Å². The van der Waals surface area contributed by atoms with Crippen molar-refractivity contribution >= 4 is 16.7 Å². The zero-order valence-corrected chi connectivity index (χ0v) is 8.36. The van der Waals surface area contributed by atoms with Gasteiger partial charge in [-0.1, -0.05) is 12.1 Å². The van der Waals surface area contributed by atoms with E-state index in [0.717, 1.165) is 16.5 Å². The molecule has 1 amide bonds. The smallest absolute Gasteiger partial charge is 0.248 e. The molecule has 0 saturated carbocycles. The number of rotatable bonds is 2. The molecule has 0 atom stereocenters. The number of methoxy groups -OCH3 is 1. The maximum atomic E-state index is 11.0. The summed E-state index contributed by atoms with van der Waals surface area (Å²) in [4.78, 5) is 11.0. The number of hydrogen-bond acceptors (Lipinski definition) is 2. The topological polar surface area (TPSA) is 52.3 Å². The van der Waals surface area contributed by atoms with Crippen LogP contribution < -0.4 is 10.5 Å². The number of hydrogen-bond donors (Lipinski definition) is 1. The highest BCUT2D eigenvalue weighted by atomic mass is 16.5. The van der Waals surface area contributed by atoms with Gasteiger partial charge in [-0.3, -0.25) is 4.79 Å². The molecule has 2 N–H and O–H groups in total. The van der Waals surface area contributed by atoms with E-state index in [1.54, 1.807) is 19.2 Å². The Morgan fingerprint density at radius 3 is 2.47 bits per heavy atom. The van der Waals surface area contributed by atoms with Crippen LogP contribution in [0.2, 0.25) is 0 Å². The highest BCUT2D eigenvalue weighted by Crippen LogP contribution is 2.21. The first-order valence-electron chi connectivity index (χ1n) is 4.58. The van der Waals surface area contributed by atoms with Crippen LogP contribution in [0.15, 0.2) is 36.4 Å². The van der Waals surface area contributed by atoms with E-state index in [2.05, 4.69) is 0 Å². The van der Waals surface area contributed by atoms with Gasteiger partial charge in [0.05, 0.1) is 7.11 Å². The van der Waals surface area contributed by atoms with Crippen LogP contribution in [-0.2, 0) is 0 Å². The fourth-order valence-electron chi connectivity index (χ4n) is 1.50. The van der Waals surface area contributed by atoms with Gasteiger partial charge in [-0.25, -0.2) is 0 Å². The van der Waals surface area contributed by atoms with Crippen molar-refractivity contribution in [3.63, 3.8) is 0 Å². The molecule has 0 aromatic heterocycles. The summed E-state index contributed by atoms with van der Waals surface area (Å²) in [6.45, 7) is 0. The number of primary amides is 1. The van der Waals surface area contributed by atoms with Crippen LogP contribution in [0.25, 0.3) is 10.8 Å². The Bertz CT molecular complexity index is 520. The first-order chi connectivity index (χ1) is 7.20. The van der Waals surface area contributed by atoms with Crippen molar-refractivity contribution in [3.05, 3.63) is 42.0 Å². The number of amides is 1. The van der Waals surface area contributed by atoms with Crippen LogP contribution in [0.5, 0.6) is 5.75 Å². The molecular formula is C12H11NO2. The molecule has 15 heavy (non-hydrogen) atoms. The Labute approximate surface area is 87.5 Å². The summed E-state index contributed by atoms with van der Waals surface area (Å²) in [5.41, 5.74) is 5.72. The van der Waals surface area contributed by atoms with Gasteiger partial charge >= 0.3 is 0 Å². The molecule has 3 nitrogen and oxygen atoms in total. The number of benzene rings is 2. The second-order valence-electron chi connectivity index (χ2n) is 3.29. The van der Waals surface area contributed by atoms with E-state index in [4.69, 9.17) is 10.5 Å². The van der Waals surface area contributed by atoms with Crippen molar-refractivity contribution in [2.45, 2.75) is 0 Å². The fourth-order valence-corrected chi connectivity index (χ4v) is 1.50. The zero-order valence-electron chi connectivity index (χ0n) is 8.36. The molecule has 76 valence electrons. The number of carbonyl (C=O) groups is 1. The van der Waals surface area contributed by atoms with Crippen molar-refractivity contribution < 1.29 is 9.53 Å². The Morgan fingerprint density at radius 1 is 1.13 bits per heavy atom. The minimum atomic E-state index is -0.410. The van der Waals surface area contributed by atoms with Crippen molar-refractivity contribution in [2.24, 2.45) is 5.73 Å². The van der Waals surface area contributed by atoms with E-state index in [0.29, 0.717) is 5.56 Å². The third-order valence-corrected chi connectivity index (χ3v) is 2.33. The van der Waals surface area contributed by atoms with Gasteiger partial charge in [0.1, 0.15) is 5.75 Å². The quantitative estimate of drug-likeness (QED) is 0.807. The average molecular weight is 201 g/mol. The average Bonchev–Trinajstić information content (AvgIpc) is 2.27. The molecule has 2 rings (SSSR count). The van der Waals surface area contributed by atoms with Gasteiger partial charge in [-0.2, -0.15) is 0 Å². The van der Waals surface area contributed by atoms with E-state index >= 15 is 0 Å². The summed E-state index contributed by atoms with van der Waals surface area (Å²) < 4.78 is 5.11. The number of ether oxygens (including phenoxy) is 1. The van der Waals surface area contributed by atoms with Gasteiger partial charge in [0.15, 0.2) is 0 Å². The molecule has 0 heterocycles. The Balaban J connectivity index is 2.59. The van der Waals surface area contributed by atoms with Crippen molar-refractivity contribution in [2.75, 3.05) is 7.11 Å². The molecule has 0 unspecified atom stereocenters. The molecule has 3 heteroatoms. The summed E-state index contributed by atoms with van der Waals surface area (Å²) in [5, 5.41) is 2.01. The van der Waals surface area contributed by atoms with Gasteiger partial charge in [-0.15, -0.1) is 0 Å². The monoisotopic (exact) mass is 201 g/mol. The Kier molecular flexibility index (Phi) is 2.29. The maximum absolute atomic E-state index is 11.0. The fraction of sp³-hybridized carbons (Fsp3) is 0.0833. The largest absolute Gasteiger partial charge is 0.497 e.